The van der Waals surface area contributed by atoms with Gasteiger partial charge in [-0.3, -0.25) is 4.79 Å². The zero-order valence-corrected chi connectivity index (χ0v) is 15.2. The van der Waals surface area contributed by atoms with Crippen molar-refractivity contribution in [2.24, 2.45) is 0 Å². The van der Waals surface area contributed by atoms with E-state index < -0.39 is 5.97 Å². The van der Waals surface area contributed by atoms with Crippen LogP contribution < -0.4 is 11.1 Å². The van der Waals surface area contributed by atoms with Crippen LogP contribution in [0.1, 0.15) is 49.4 Å². The van der Waals surface area contributed by atoms with Gasteiger partial charge in [-0.25, -0.2) is 14.8 Å². The van der Waals surface area contributed by atoms with Gasteiger partial charge < -0.3 is 15.8 Å². The van der Waals surface area contributed by atoms with E-state index in [4.69, 9.17) is 10.5 Å². The number of rotatable bonds is 8. The third-order valence-electron chi connectivity index (χ3n) is 3.78. The van der Waals surface area contributed by atoms with Crippen LogP contribution in [0, 0.1) is 0 Å². The molecular weight excluding hydrogens is 340 g/mol. The first-order valence-corrected chi connectivity index (χ1v) is 9.45. The van der Waals surface area contributed by atoms with Gasteiger partial charge in [-0.1, -0.05) is 23.4 Å². The summed E-state index contributed by atoms with van der Waals surface area (Å²) in [4.78, 5) is 31.6. The fourth-order valence-electron chi connectivity index (χ4n) is 2.49. The minimum absolute atomic E-state index is 0.0561. The summed E-state index contributed by atoms with van der Waals surface area (Å²) in [5.41, 5.74) is 7.32. The average molecular weight is 364 g/mol. The number of carbonyl (C=O) groups is 2. The van der Waals surface area contributed by atoms with Crippen molar-refractivity contribution >= 4 is 29.5 Å². The van der Waals surface area contributed by atoms with Gasteiger partial charge >= 0.3 is 5.97 Å². The first-order valence-electron chi connectivity index (χ1n) is 8.47. The lowest BCUT2D eigenvalue weighted by Crippen LogP contribution is -2.26. The van der Waals surface area contributed by atoms with E-state index in [9.17, 15) is 9.59 Å². The highest BCUT2D eigenvalue weighted by atomic mass is 32.2. The van der Waals surface area contributed by atoms with Gasteiger partial charge in [-0.05, 0) is 39.0 Å². The fraction of sp³-hybridized carbons (Fsp3) is 0.529. The lowest BCUT2D eigenvalue weighted by molar-refractivity contribution is -0.118. The number of thioether (sulfide) groups is 1. The van der Waals surface area contributed by atoms with E-state index in [0.717, 1.165) is 19.3 Å². The monoisotopic (exact) mass is 364 g/mol. The molecule has 1 aromatic heterocycles. The number of nitrogens with two attached hydrogens (primary N) is 1. The SMILES string of the molecule is CCOC(=O)c1cnc(SCC(=O)NCCC2=CCCCC2)nc1N. The number of nitrogens with one attached hydrogen (secondary N) is 1. The molecule has 0 fully saturated rings. The number of anilines is 1. The predicted molar refractivity (Wildman–Crippen MR) is 97.3 cm³/mol. The number of nitrogens with zero attached hydrogens (tertiary/aromatic N) is 2. The van der Waals surface area contributed by atoms with Gasteiger partial charge in [0.1, 0.15) is 11.4 Å². The largest absolute Gasteiger partial charge is 0.462 e. The molecule has 0 unspecified atom stereocenters. The molecular formula is C17H24N4O3S. The van der Waals surface area contributed by atoms with Gasteiger partial charge in [0.25, 0.3) is 0 Å². The van der Waals surface area contributed by atoms with Gasteiger partial charge in [0.05, 0.1) is 12.4 Å². The molecule has 8 heteroatoms. The van der Waals surface area contributed by atoms with E-state index >= 15 is 0 Å². The second-order valence-corrected chi connectivity index (χ2v) is 6.61. The molecule has 1 aliphatic carbocycles. The molecule has 0 saturated carbocycles. The molecule has 0 aliphatic heterocycles. The van der Waals surface area contributed by atoms with Crippen LogP contribution in [0.5, 0.6) is 0 Å². The van der Waals surface area contributed by atoms with Gasteiger partial charge in [-0.15, -0.1) is 0 Å². The zero-order chi connectivity index (χ0) is 18.1. The number of hydrogen-bond donors (Lipinski definition) is 2. The molecule has 0 saturated heterocycles. The van der Waals surface area contributed by atoms with Gasteiger partial charge in [0.2, 0.25) is 5.91 Å². The first kappa shape index (κ1) is 19.2. The van der Waals surface area contributed by atoms with E-state index in [1.165, 1.54) is 36.4 Å². The Hall–Kier alpha value is -2.09. The van der Waals surface area contributed by atoms with E-state index in [1.807, 2.05) is 0 Å². The van der Waals surface area contributed by atoms with Crippen LogP contribution in [0.2, 0.25) is 0 Å². The molecule has 1 aromatic rings. The van der Waals surface area contributed by atoms with Crippen molar-refractivity contribution in [1.82, 2.24) is 15.3 Å². The molecule has 0 radical (unpaired) electrons. The molecule has 2 rings (SSSR count). The smallest absolute Gasteiger partial charge is 0.343 e. The van der Waals surface area contributed by atoms with Crippen molar-refractivity contribution in [2.75, 3.05) is 24.6 Å². The van der Waals surface area contributed by atoms with Crippen molar-refractivity contribution in [3.63, 3.8) is 0 Å². The van der Waals surface area contributed by atoms with Gasteiger partial charge in [-0.2, -0.15) is 0 Å². The summed E-state index contributed by atoms with van der Waals surface area (Å²) >= 11 is 1.18. The Kier molecular flexibility index (Phi) is 7.72. The van der Waals surface area contributed by atoms with Crippen LogP contribution >= 0.6 is 11.8 Å². The molecule has 0 bridgehead atoms. The van der Waals surface area contributed by atoms with E-state index in [-0.39, 0.29) is 29.6 Å². The quantitative estimate of drug-likeness (QED) is 0.315. The number of hydrogen-bond acceptors (Lipinski definition) is 7. The third-order valence-corrected chi connectivity index (χ3v) is 4.64. The predicted octanol–water partition coefficient (Wildman–Crippen LogP) is 2.33. The molecule has 0 aromatic carbocycles. The summed E-state index contributed by atoms with van der Waals surface area (Å²) in [5.74, 6) is -0.359. The molecule has 136 valence electrons. The Balaban J connectivity index is 1.74. The van der Waals surface area contributed by atoms with E-state index in [2.05, 4.69) is 21.4 Å². The van der Waals surface area contributed by atoms with Crippen molar-refractivity contribution in [1.29, 1.82) is 0 Å². The highest BCUT2D eigenvalue weighted by Crippen LogP contribution is 2.19. The first-order chi connectivity index (χ1) is 12.1. The van der Waals surface area contributed by atoms with Crippen LogP contribution in [0.15, 0.2) is 23.0 Å². The maximum atomic E-state index is 11.9. The maximum absolute atomic E-state index is 11.9. The second-order valence-electron chi connectivity index (χ2n) is 5.67. The lowest BCUT2D eigenvalue weighted by Gasteiger charge is -2.12. The topological polar surface area (TPSA) is 107 Å². The summed E-state index contributed by atoms with van der Waals surface area (Å²) in [5, 5.41) is 3.26. The number of allylic oxidation sites excluding steroid dienone is 1. The molecule has 1 aliphatic rings. The standard InChI is InChI=1S/C17H24N4O3S/c1-2-24-16(23)13-10-20-17(21-15(13)18)25-11-14(22)19-9-8-12-6-4-3-5-7-12/h6,10H,2-5,7-9,11H2,1H3,(H,19,22)(H2,18,20,21). The van der Waals surface area contributed by atoms with Crippen molar-refractivity contribution in [3.8, 4) is 0 Å². The highest BCUT2D eigenvalue weighted by Gasteiger charge is 2.14. The Morgan fingerprint density at radius 3 is 2.92 bits per heavy atom. The number of esters is 1. The molecule has 25 heavy (non-hydrogen) atoms. The zero-order valence-electron chi connectivity index (χ0n) is 14.4. The summed E-state index contributed by atoms with van der Waals surface area (Å²) in [6, 6.07) is 0. The number of nitrogen functional groups attached to an aromatic ring is 1. The Morgan fingerprint density at radius 1 is 1.40 bits per heavy atom. The van der Waals surface area contributed by atoms with Gasteiger partial charge in [0, 0.05) is 12.7 Å². The number of amides is 1. The number of ether oxygens (including phenoxy) is 1. The normalized spacial score (nSPS) is 13.9. The van der Waals surface area contributed by atoms with E-state index in [0.29, 0.717) is 11.7 Å². The van der Waals surface area contributed by atoms with E-state index in [1.54, 1.807) is 6.92 Å². The van der Waals surface area contributed by atoms with Crippen LogP contribution in [-0.2, 0) is 9.53 Å². The molecule has 0 atom stereocenters. The molecule has 1 heterocycles. The van der Waals surface area contributed by atoms with Crippen LogP contribution in [0.3, 0.4) is 0 Å². The van der Waals surface area contributed by atoms with Crippen LogP contribution in [0.25, 0.3) is 0 Å². The third kappa shape index (κ3) is 6.38. The Bertz CT molecular complexity index is 649. The molecule has 7 nitrogen and oxygen atoms in total. The number of carbonyl (C=O) groups excluding carboxylic acids is 2. The molecule has 0 spiro atoms. The minimum Gasteiger partial charge on any atom is -0.462 e. The van der Waals surface area contributed by atoms with Crippen molar-refractivity contribution in [3.05, 3.63) is 23.4 Å². The molecule has 1 amide bonds. The Labute approximate surface area is 151 Å². The minimum atomic E-state index is -0.550. The highest BCUT2D eigenvalue weighted by molar-refractivity contribution is 7.99. The fourth-order valence-corrected chi connectivity index (χ4v) is 3.14. The lowest BCUT2D eigenvalue weighted by atomic mass is 9.97. The van der Waals surface area contributed by atoms with Crippen LogP contribution in [-0.4, -0.2) is 40.7 Å². The van der Waals surface area contributed by atoms with Gasteiger partial charge in [0.15, 0.2) is 5.16 Å². The van der Waals surface area contributed by atoms with Crippen LogP contribution in [0.4, 0.5) is 5.82 Å². The summed E-state index contributed by atoms with van der Waals surface area (Å²) in [7, 11) is 0. The number of aromatic nitrogens is 2. The Morgan fingerprint density at radius 2 is 2.24 bits per heavy atom. The maximum Gasteiger partial charge on any atom is 0.343 e. The second kappa shape index (κ2) is 10.0. The summed E-state index contributed by atoms with van der Waals surface area (Å²) in [6.07, 6.45) is 9.33. The average Bonchev–Trinajstić information content (AvgIpc) is 2.61. The van der Waals surface area contributed by atoms with Crippen molar-refractivity contribution < 1.29 is 14.3 Å². The van der Waals surface area contributed by atoms with Crippen molar-refractivity contribution in [2.45, 2.75) is 44.2 Å². The molecule has 3 N–H and O–H groups in total. The summed E-state index contributed by atoms with van der Waals surface area (Å²) < 4.78 is 4.87. The summed E-state index contributed by atoms with van der Waals surface area (Å²) in [6.45, 7) is 2.62.